The van der Waals surface area contributed by atoms with Gasteiger partial charge in [0.05, 0.1) is 45.6 Å². The second-order valence-corrected chi connectivity index (χ2v) is 10.9. The number of nitrogens with zero attached hydrogens (tertiary/aromatic N) is 2. The number of hydrogen-bond donors (Lipinski definition) is 1. The SMILES string of the molecule is Cc1ccc(-c2cc(C(=O)Nc3cc(S(=O)(=O)N4CCOCC4)ccc3Cl)c3ccccc3n2)cc1. The van der Waals surface area contributed by atoms with Gasteiger partial charge in [-0.2, -0.15) is 4.31 Å². The molecule has 1 fully saturated rings. The summed E-state index contributed by atoms with van der Waals surface area (Å²) in [6.45, 7) is 3.24. The Kier molecular flexibility index (Phi) is 6.77. The van der Waals surface area contributed by atoms with Gasteiger partial charge in [0.15, 0.2) is 0 Å². The van der Waals surface area contributed by atoms with E-state index in [9.17, 15) is 13.2 Å². The van der Waals surface area contributed by atoms with Crippen LogP contribution in [-0.4, -0.2) is 49.9 Å². The van der Waals surface area contributed by atoms with Crippen LogP contribution in [0.1, 0.15) is 15.9 Å². The van der Waals surface area contributed by atoms with Crippen LogP contribution in [0.15, 0.2) is 77.7 Å². The number of carbonyl (C=O) groups excluding carboxylic acids is 1. The average Bonchev–Trinajstić information content (AvgIpc) is 2.90. The Morgan fingerprint density at radius 1 is 1.00 bits per heavy atom. The summed E-state index contributed by atoms with van der Waals surface area (Å²) in [5.41, 5.74) is 3.97. The van der Waals surface area contributed by atoms with Crippen LogP contribution in [0.2, 0.25) is 5.02 Å². The van der Waals surface area contributed by atoms with E-state index in [1.807, 2.05) is 55.5 Å². The van der Waals surface area contributed by atoms with Gasteiger partial charge in [0.1, 0.15) is 0 Å². The summed E-state index contributed by atoms with van der Waals surface area (Å²) in [7, 11) is -3.75. The Morgan fingerprint density at radius 2 is 1.72 bits per heavy atom. The molecule has 1 saturated heterocycles. The second-order valence-electron chi connectivity index (χ2n) is 8.55. The third kappa shape index (κ3) is 4.85. The quantitative estimate of drug-likeness (QED) is 0.393. The van der Waals surface area contributed by atoms with Crippen LogP contribution in [0.4, 0.5) is 5.69 Å². The lowest BCUT2D eigenvalue weighted by molar-refractivity contribution is 0.0730. The first kappa shape index (κ1) is 24.4. The molecule has 1 amide bonds. The van der Waals surface area contributed by atoms with Crippen molar-refractivity contribution in [3.63, 3.8) is 0 Å². The van der Waals surface area contributed by atoms with E-state index in [4.69, 9.17) is 21.3 Å². The van der Waals surface area contributed by atoms with Crippen molar-refractivity contribution in [2.24, 2.45) is 0 Å². The molecule has 184 valence electrons. The Labute approximate surface area is 214 Å². The summed E-state index contributed by atoms with van der Waals surface area (Å²) in [5, 5.41) is 3.73. The van der Waals surface area contributed by atoms with Gasteiger partial charge in [-0.15, -0.1) is 0 Å². The number of morpholine rings is 1. The number of para-hydroxylation sites is 1. The van der Waals surface area contributed by atoms with Gasteiger partial charge in [-0.05, 0) is 37.3 Å². The van der Waals surface area contributed by atoms with Gasteiger partial charge in [0, 0.05) is 24.0 Å². The molecular formula is C27H24ClN3O4S. The maximum Gasteiger partial charge on any atom is 0.256 e. The van der Waals surface area contributed by atoms with Crippen molar-refractivity contribution in [2.45, 2.75) is 11.8 Å². The lowest BCUT2D eigenvalue weighted by atomic mass is 10.0. The van der Waals surface area contributed by atoms with Crippen molar-refractivity contribution < 1.29 is 17.9 Å². The van der Waals surface area contributed by atoms with Crippen LogP contribution >= 0.6 is 11.6 Å². The van der Waals surface area contributed by atoms with E-state index in [0.29, 0.717) is 35.4 Å². The number of hydrogen-bond acceptors (Lipinski definition) is 5. The van der Waals surface area contributed by atoms with E-state index in [1.165, 1.54) is 22.5 Å². The van der Waals surface area contributed by atoms with Crippen LogP contribution < -0.4 is 5.32 Å². The van der Waals surface area contributed by atoms with E-state index in [2.05, 4.69) is 5.32 Å². The molecule has 0 aliphatic carbocycles. The Bertz CT molecular complexity index is 1550. The van der Waals surface area contributed by atoms with E-state index in [-0.39, 0.29) is 28.7 Å². The highest BCUT2D eigenvalue weighted by atomic mass is 35.5. The molecule has 1 N–H and O–H groups in total. The van der Waals surface area contributed by atoms with Crippen LogP contribution in [0.3, 0.4) is 0 Å². The van der Waals surface area contributed by atoms with Crippen LogP contribution in [0.25, 0.3) is 22.2 Å². The zero-order chi connectivity index (χ0) is 25.3. The molecule has 1 aliphatic rings. The molecule has 9 heteroatoms. The number of halogens is 1. The molecule has 4 aromatic rings. The first-order valence-corrected chi connectivity index (χ1v) is 13.3. The number of pyridine rings is 1. The fourth-order valence-electron chi connectivity index (χ4n) is 4.12. The molecule has 0 radical (unpaired) electrons. The summed E-state index contributed by atoms with van der Waals surface area (Å²) in [6.07, 6.45) is 0. The highest BCUT2D eigenvalue weighted by molar-refractivity contribution is 7.89. The number of carbonyl (C=O) groups is 1. The standard InChI is InChI=1S/C27H24ClN3O4S/c1-18-6-8-19(9-7-18)25-17-22(21-4-2-3-5-24(21)29-25)27(32)30-26-16-20(10-11-23(26)28)36(33,34)31-12-14-35-15-13-31/h2-11,16-17H,12-15H2,1H3,(H,30,32). The van der Waals surface area contributed by atoms with Gasteiger partial charge in [-0.3, -0.25) is 4.79 Å². The summed E-state index contributed by atoms with van der Waals surface area (Å²) >= 11 is 6.37. The summed E-state index contributed by atoms with van der Waals surface area (Å²) in [4.78, 5) is 18.3. The molecule has 0 atom stereocenters. The minimum Gasteiger partial charge on any atom is -0.379 e. The number of rotatable bonds is 5. The number of aromatic nitrogens is 1. The Morgan fingerprint density at radius 3 is 2.47 bits per heavy atom. The maximum atomic E-state index is 13.5. The molecule has 0 unspecified atom stereocenters. The van der Waals surface area contributed by atoms with Gasteiger partial charge in [0.25, 0.3) is 5.91 Å². The number of benzene rings is 3. The predicted molar refractivity (Wildman–Crippen MR) is 141 cm³/mol. The smallest absolute Gasteiger partial charge is 0.256 e. The third-order valence-corrected chi connectivity index (χ3v) is 8.33. The van der Waals surface area contributed by atoms with Gasteiger partial charge >= 0.3 is 0 Å². The number of anilines is 1. The Hall–Kier alpha value is -3.30. The Balaban J connectivity index is 1.51. The molecule has 7 nitrogen and oxygen atoms in total. The predicted octanol–water partition coefficient (Wildman–Crippen LogP) is 5.14. The van der Waals surface area contributed by atoms with Crippen LogP contribution in [0, 0.1) is 6.92 Å². The van der Waals surface area contributed by atoms with E-state index in [1.54, 1.807) is 6.07 Å². The zero-order valence-electron chi connectivity index (χ0n) is 19.6. The lowest BCUT2D eigenvalue weighted by Crippen LogP contribution is -2.40. The molecule has 3 aromatic carbocycles. The monoisotopic (exact) mass is 521 g/mol. The highest BCUT2D eigenvalue weighted by Gasteiger charge is 2.27. The molecule has 1 aliphatic heterocycles. The van der Waals surface area contributed by atoms with Crippen molar-refractivity contribution in [1.29, 1.82) is 0 Å². The van der Waals surface area contributed by atoms with Crippen molar-refractivity contribution >= 4 is 44.1 Å². The normalized spacial score (nSPS) is 14.6. The van der Waals surface area contributed by atoms with Gasteiger partial charge in [-0.25, -0.2) is 13.4 Å². The zero-order valence-corrected chi connectivity index (χ0v) is 21.1. The molecule has 0 saturated carbocycles. The van der Waals surface area contributed by atoms with Crippen molar-refractivity contribution in [2.75, 3.05) is 31.6 Å². The topological polar surface area (TPSA) is 88.6 Å². The largest absolute Gasteiger partial charge is 0.379 e. The van der Waals surface area contributed by atoms with Gasteiger partial charge < -0.3 is 10.1 Å². The third-order valence-electron chi connectivity index (χ3n) is 6.10. The molecule has 0 spiro atoms. The molecule has 5 rings (SSSR count). The van der Waals surface area contributed by atoms with Crippen LogP contribution in [0.5, 0.6) is 0 Å². The molecule has 0 bridgehead atoms. The average molecular weight is 522 g/mol. The maximum absolute atomic E-state index is 13.5. The number of amides is 1. The number of nitrogens with one attached hydrogen (secondary N) is 1. The number of sulfonamides is 1. The first-order valence-electron chi connectivity index (χ1n) is 11.5. The number of aryl methyl sites for hydroxylation is 1. The molecular weight excluding hydrogens is 498 g/mol. The van der Waals surface area contributed by atoms with Crippen LogP contribution in [-0.2, 0) is 14.8 Å². The second kappa shape index (κ2) is 9.99. The van der Waals surface area contributed by atoms with Crippen molar-refractivity contribution in [1.82, 2.24) is 9.29 Å². The fourth-order valence-corrected chi connectivity index (χ4v) is 5.72. The van der Waals surface area contributed by atoms with Crippen molar-refractivity contribution in [3.8, 4) is 11.3 Å². The summed E-state index contributed by atoms with van der Waals surface area (Å²) in [5.74, 6) is -0.412. The fraction of sp³-hybridized carbons (Fsp3) is 0.185. The number of fused-ring (bicyclic) bond motifs is 1. The summed E-state index contributed by atoms with van der Waals surface area (Å²) in [6, 6.07) is 21.4. The van der Waals surface area contributed by atoms with Gasteiger partial charge in [0.2, 0.25) is 10.0 Å². The van der Waals surface area contributed by atoms with Crippen molar-refractivity contribution in [3.05, 3.63) is 88.9 Å². The summed E-state index contributed by atoms with van der Waals surface area (Å²) < 4.78 is 32.9. The van der Waals surface area contributed by atoms with E-state index in [0.717, 1.165) is 11.1 Å². The first-order chi connectivity index (χ1) is 17.3. The number of ether oxygens (including phenoxy) is 1. The molecule has 2 heterocycles. The lowest BCUT2D eigenvalue weighted by Gasteiger charge is -2.26. The minimum atomic E-state index is -3.75. The van der Waals surface area contributed by atoms with E-state index >= 15 is 0 Å². The van der Waals surface area contributed by atoms with E-state index < -0.39 is 15.9 Å². The highest BCUT2D eigenvalue weighted by Crippen LogP contribution is 2.30. The minimum absolute atomic E-state index is 0.0593. The molecule has 1 aromatic heterocycles. The van der Waals surface area contributed by atoms with Gasteiger partial charge in [-0.1, -0.05) is 59.6 Å². The molecule has 36 heavy (non-hydrogen) atoms.